The summed E-state index contributed by atoms with van der Waals surface area (Å²) >= 11 is 1.96. The number of hydrogen-bond acceptors (Lipinski definition) is 4. The van der Waals surface area contributed by atoms with Gasteiger partial charge < -0.3 is 9.74 Å². The highest BCUT2D eigenvalue weighted by Gasteiger charge is 2.51. The molecule has 226 valence electrons. The number of nitrogens with zero attached hydrogens (tertiary/aromatic N) is 2. The Morgan fingerprint density at radius 3 is 2.02 bits per heavy atom. The molecule has 0 amide bonds. The third kappa shape index (κ3) is 5.98. The average Bonchev–Trinajstić information content (AvgIpc) is 3.65. The molecular weight excluding hydrogens is 563 g/mol. The fraction of sp³-hybridized carbons (Fsp3) is 0.432. The van der Waals surface area contributed by atoms with Crippen LogP contribution in [-0.4, -0.2) is 30.0 Å². The van der Waals surface area contributed by atoms with E-state index >= 15 is 0 Å². The molecule has 1 aromatic heterocycles. The molecule has 0 saturated heterocycles. The van der Waals surface area contributed by atoms with E-state index in [4.69, 9.17) is 9.52 Å². The smallest absolute Gasteiger partial charge is 0.261 e. The fourth-order valence-corrected chi connectivity index (χ4v) is 12.9. The molecule has 1 aliphatic heterocycles. The predicted molar refractivity (Wildman–Crippen MR) is 185 cm³/mol. The summed E-state index contributed by atoms with van der Waals surface area (Å²) in [4.78, 5) is 1.41. The Bertz CT molecular complexity index is 1490. The van der Waals surface area contributed by atoms with Crippen molar-refractivity contribution in [1.82, 2.24) is 9.78 Å². The van der Waals surface area contributed by atoms with Crippen molar-refractivity contribution in [2.75, 3.05) is 11.1 Å². The number of aromatic nitrogens is 2. The van der Waals surface area contributed by atoms with E-state index in [1.165, 1.54) is 32.2 Å². The van der Waals surface area contributed by atoms with Gasteiger partial charge >= 0.3 is 0 Å². The molecule has 1 aliphatic carbocycles. The minimum absolute atomic E-state index is 0.00523. The maximum Gasteiger partial charge on any atom is 0.261 e. The summed E-state index contributed by atoms with van der Waals surface area (Å²) in [7, 11) is -2.55. The first-order valence-electron chi connectivity index (χ1n) is 16.0. The highest BCUT2D eigenvalue weighted by molar-refractivity contribution is 7.99. The number of rotatable bonds is 7. The molecule has 2 heterocycles. The van der Waals surface area contributed by atoms with Crippen LogP contribution < -0.4 is 15.7 Å². The minimum atomic E-state index is -2.55. The number of benzene rings is 3. The zero-order chi connectivity index (χ0) is 30.2. The summed E-state index contributed by atoms with van der Waals surface area (Å²) in [5.41, 5.74) is 3.76. The van der Waals surface area contributed by atoms with Crippen molar-refractivity contribution in [3.63, 3.8) is 0 Å². The molecule has 1 saturated carbocycles. The van der Waals surface area contributed by atoms with E-state index in [-0.39, 0.29) is 16.7 Å². The standard InChI is InChI=1S/C37H47N3OSSi/c1-36(2,3)40-35(38-32-18-13-19-34-31(32)24-25-42-34)26-33(39-40)27-20-22-28(23-21-27)41-43(37(4,5)6,29-14-9-7-10-15-29)30-16-11-8-12-17-30/h7-19,26-28,38H,20-25H2,1-6H3. The van der Waals surface area contributed by atoms with Gasteiger partial charge in [-0.2, -0.15) is 5.10 Å². The van der Waals surface area contributed by atoms with Gasteiger partial charge in [-0.05, 0) is 86.0 Å². The first kappa shape index (κ1) is 30.2. The molecule has 2 aliphatic rings. The van der Waals surface area contributed by atoms with Crippen LogP contribution in [0.1, 0.15) is 84.4 Å². The Kier molecular flexibility index (Phi) is 8.40. The third-order valence-corrected chi connectivity index (χ3v) is 15.4. The summed E-state index contributed by atoms with van der Waals surface area (Å²) in [5.74, 6) is 2.70. The third-order valence-electron chi connectivity index (χ3n) is 9.22. The van der Waals surface area contributed by atoms with Gasteiger partial charge in [0.05, 0.1) is 11.2 Å². The molecule has 43 heavy (non-hydrogen) atoms. The molecule has 0 spiro atoms. The molecule has 0 bridgehead atoms. The van der Waals surface area contributed by atoms with Crippen molar-refractivity contribution in [3.8, 4) is 0 Å². The largest absolute Gasteiger partial charge is 0.404 e. The monoisotopic (exact) mass is 609 g/mol. The second kappa shape index (κ2) is 11.9. The van der Waals surface area contributed by atoms with Crippen LogP contribution in [0.25, 0.3) is 0 Å². The molecule has 4 nitrogen and oxygen atoms in total. The first-order chi connectivity index (χ1) is 20.6. The van der Waals surface area contributed by atoms with E-state index in [2.05, 4.69) is 136 Å². The summed E-state index contributed by atoms with van der Waals surface area (Å²) in [6.07, 6.45) is 5.68. The van der Waals surface area contributed by atoms with Crippen LogP contribution in [0.4, 0.5) is 11.5 Å². The Labute approximate surface area is 263 Å². The molecule has 0 radical (unpaired) electrons. The van der Waals surface area contributed by atoms with E-state index in [1.807, 2.05) is 11.8 Å². The fourth-order valence-electron chi connectivity index (χ4n) is 7.09. The lowest BCUT2D eigenvalue weighted by molar-refractivity contribution is 0.134. The number of nitrogens with one attached hydrogen (secondary N) is 1. The molecule has 0 atom stereocenters. The van der Waals surface area contributed by atoms with Crippen molar-refractivity contribution in [1.29, 1.82) is 0 Å². The van der Waals surface area contributed by atoms with E-state index < -0.39 is 8.32 Å². The van der Waals surface area contributed by atoms with E-state index in [0.29, 0.717) is 5.92 Å². The van der Waals surface area contributed by atoms with Gasteiger partial charge in [0, 0.05) is 34.4 Å². The highest BCUT2D eigenvalue weighted by Crippen LogP contribution is 2.42. The Balaban J connectivity index is 1.24. The van der Waals surface area contributed by atoms with Gasteiger partial charge in [0.15, 0.2) is 0 Å². The van der Waals surface area contributed by atoms with E-state index in [0.717, 1.165) is 43.7 Å². The van der Waals surface area contributed by atoms with E-state index in [9.17, 15) is 0 Å². The van der Waals surface area contributed by atoms with Gasteiger partial charge in [0.25, 0.3) is 8.32 Å². The maximum absolute atomic E-state index is 7.50. The Morgan fingerprint density at radius 1 is 0.814 bits per heavy atom. The SMILES string of the molecule is CC(C)(C)n1nc(C2CCC(O[Si](c3ccccc3)(c3ccccc3)C(C)(C)C)CC2)cc1Nc1cccc2c1CCS2. The topological polar surface area (TPSA) is 39.1 Å². The second-order valence-electron chi connectivity index (χ2n) is 14.3. The van der Waals surface area contributed by atoms with Crippen molar-refractivity contribution in [3.05, 3.63) is 96.2 Å². The van der Waals surface area contributed by atoms with Crippen molar-refractivity contribution in [2.45, 2.75) is 101 Å². The van der Waals surface area contributed by atoms with Crippen LogP contribution in [0.3, 0.4) is 0 Å². The van der Waals surface area contributed by atoms with Gasteiger partial charge in [-0.25, -0.2) is 4.68 Å². The summed E-state index contributed by atoms with van der Waals surface area (Å²) in [6.45, 7) is 13.9. The maximum atomic E-state index is 7.50. The number of fused-ring (bicyclic) bond motifs is 1. The lowest BCUT2D eigenvalue weighted by atomic mass is 9.85. The molecule has 6 heteroatoms. The van der Waals surface area contributed by atoms with Crippen molar-refractivity contribution >= 4 is 42.0 Å². The van der Waals surface area contributed by atoms with Gasteiger partial charge in [0.2, 0.25) is 0 Å². The normalized spacial score (nSPS) is 19.3. The van der Waals surface area contributed by atoms with Crippen molar-refractivity contribution in [2.24, 2.45) is 0 Å². The zero-order valence-electron chi connectivity index (χ0n) is 26.7. The molecule has 6 rings (SSSR count). The van der Waals surface area contributed by atoms with Gasteiger partial charge in [-0.3, -0.25) is 0 Å². The zero-order valence-corrected chi connectivity index (χ0v) is 28.5. The highest BCUT2D eigenvalue weighted by atomic mass is 32.2. The average molecular weight is 610 g/mol. The molecule has 4 aromatic rings. The second-order valence-corrected chi connectivity index (χ2v) is 19.7. The Hall–Kier alpha value is -2.80. The van der Waals surface area contributed by atoms with Gasteiger partial charge in [-0.1, -0.05) is 87.5 Å². The lowest BCUT2D eigenvalue weighted by Crippen LogP contribution is -2.67. The summed E-state index contributed by atoms with van der Waals surface area (Å²) in [6, 6.07) is 31.1. The van der Waals surface area contributed by atoms with Crippen LogP contribution in [0.2, 0.25) is 5.04 Å². The number of thioether (sulfide) groups is 1. The van der Waals surface area contributed by atoms with Crippen LogP contribution in [0, 0.1) is 0 Å². The molecule has 0 unspecified atom stereocenters. The Morgan fingerprint density at radius 2 is 1.44 bits per heavy atom. The van der Waals surface area contributed by atoms with Crippen LogP contribution in [-0.2, 0) is 16.4 Å². The minimum Gasteiger partial charge on any atom is -0.404 e. The van der Waals surface area contributed by atoms with Crippen molar-refractivity contribution < 1.29 is 4.43 Å². The molecule has 3 aromatic carbocycles. The summed E-state index contributed by atoms with van der Waals surface area (Å²) in [5, 5.41) is 11.8. The molecule has 1 N–H and O–H groups in total. The van der Waals surface area contributed by atoms with Crippen LogP contribution in [0.5, 0.6) is 0 Å². The van der Waals surface area contributed by atoms with Gasteiger partial charge in [0.1, 0.15) is 5.82 Å². The van der Waals surface area contributed by atoms with Gasteiger partial charge in [-0.15, -0.1) is 11.8 Å². The van der Waals surface area contributed by atoms with E-state index in [1.54, 1.807) is 0 Å². The summed E-state index contributed by atoms with van der Waals surface area (Å²) < 4.78 is 9.71. The first-order valence-corrected chi connectivity index (χ1v) is 18.9. The molecular formula is C37H47N3OSSi. The lowest BCUT2D eigenvalue weighted by Gasteiger charge is -2.46. The number of hydrogen-bond donors (Lipinski definition) is 1. The quantitative estimate of drug-likeness (QED) is 0.213. The van der Waals surface area contributed by atoms with Crippen LogP contribution in [0.15, 0.2) is 89.8 Å². The number of anilines is 2. The predicted octanol–water partition coefficient (Wildman–Crippen LogP) is 8.63. The van der Waals surface area contributed by atoms with Crippen LogP contribution >= 0.6 is 11.8 Å². The molecule has 1 fully saturated rings.